The van der Waals surface area contributed by atoms with Gasteiger partial charge in [0.1, 0.15) is 17.7 Å². The summed E-state index contributed by atoms with van der Waals surface area (Å²) < 4.78 is 0. The number of anilines is 2. The summed E-state index contributed by atoms with van der Waals surface area (Å²) >= 11 is 1.07. The summed E-state index contributed by atoms with van der Waals surface area (Å²) in [4.78, 5) is 80.0. The average Bonchev–Trinajstić information content (AvgIpc) is 3.51. The van der Waals surface area contributed by atoms with E-state index >= 15 is 0 Å². The lowest BCUT2D eigenvalue weighted by Gasteiger charge is -2.16. The molecule has 16 nitrogen and oxygen atoms in total. The summed E-state index contributed by atoms with van der Waals surface area (Å²) in [7, 11) is 0. The van der Waals surface area contributed by atoms with Crippen molar-refractivity contribution >= 4 is 63.0 Å². The molecule has 0 aliphatic rings. The van der Waals surface area contributed by atoms with E-state index in [1.54, 1.807) is 12.3 Å². The minimum absolute atomic E-state index is 0.00151. The molecule has 17 heteroatoms. The molecule has 0 unspecified atom stereocenters. The van der Waals surface area contributed by atoms with Gasteiger partial charge in [0.25, 0.3) is 11.5 Å². The Morgan fingerprint density at radius 1 is 1.00 bits per heavy atom. The Kier molecular flexibility index (Phi) is 9.80. The minimum Gasteiger partial charge on any atom is -0.481 e. The number of nitrogen functional groups attached to an aromatic ring is 1. The summed E-state index contributed by atoms with van der Waals surface area (Å²) in [6.07, 6.45) is 0.570. The molecular formula is C23H27N7O9S. The van der Waals surface area contributed by atoms with E-state index < -0.39 is 54.6 Å². The Morgan fingerprint density at radius 2 is 1.68 bits per heavy atom. The number of nitrogens with two attached hydrogens (primary N) is 1. The van der Waals surface area contributed by atoms with E-state index in [9.17, 15) is 33.9 Å². The molecule has 3 aromatic rings. The maximum absolute atomic E-state index is 12.6. The van der Waals surface area contributed by atoms with Gasteiger partial charge in [-0.2, -0.15) is 4.98 Å². The van der Waals surface area contributed by atoms with Crippen LogP contribution in [0.2, 0.25) is 0 Å². The van der Waals surface area contributed by atoms with Gasteiger partial charge >= 0.3 is 17.9 Å². The number of nitrogens with zero attached hydrogens (tertiary/aromatic N) is 1. The number of H-pyrrole nitrogens is 2. The van der Waals surface area contributed by atoms with Gasteiger partial charge in [-0.25, -0.2) is 9.59 Å². The van der Waals surface area contributed by atoms with Gasteiger partial charge in [0, 0.05) is 25.6 Å². The summed E-state index contributed by atoms with van der Waals surface area (Å²) in [5.41, 5.74) is 6.27. The standard InChI is InChI=1S/C23H27N7O9S/c24-23-29-18-17(20(35)30-23)10(9-26-18)7-8-25-15-5-3-13(40-15)19(34)28-12(22(38)39)1-4-14(31)27-11(21(36)37)2-6-16(32)33/h3,5,9,11-12,25H,1-2,4,6-8H2,(H,27,31)(H,28,34)(H,32,33)(H,36,37)(H,38,39)(H4,24,26,29,30,35)/t11-,12-/m0/s1. The van der Waals surface area contributed by atoms with Crippen molar-refractivity contribution in [2.45, 2.75) is 44.2 Å². The summed E-state index contributed by atoms with van der Waals surface area (Å²) in [6, 6.07) is 0.264. The van der Waals surface area contributed by atoms with Crippen LogP contribution >= 0.6 is 11.3 Å². The van der Waals surface area contributed by atoms with Crippen molar-refractivity contribution in [2.75, 3.05) is 17.6 Å². The van der Waals surface area contributed by atoms with Crippen LogP contribution in [0.5, 0.6) is 0 Å². The second kappa shape index (κ2) is 13.2. The Balaban J connectivity index is 1.51. The molecular weight excluding hydrogens is 550 g/mol. The maximum atomic E-state index is 12.6. The number of carboxylic acid groups (broad SMARTS) is 3. The molecule has 3 rings (SSSR count). The molecule has 3 aromatic heterocycles. The van der Waals surface area contributed by atoms with Crippen LogP contribution in [-0.4, -0.2) is 78.6 Å². The Labute approximate surface area is 229 Å². The molecule has 0 fully saturated rings. The van der Waals surface area contributed by atoms with Gasteiger partial charge in [-0.1, -0.05) is 0 Å². The fraction of sp³-hybridized carbons (Fsp3) is 0.348. The smallest absolute Gasteiger partial charge is 0.326 e. The Hall–Kier alpha value is -4.93. The zero-order chi connectivity index (χ0) is 29.4. The highest BCUT2D eigenvalue weighted by molar-refractivity contribution is 7.17. The van der Waals surface area contributed by atoms with Crippen LogP contribution in [-0.2, 0) is 25.6 Å². The first-order valence-electron chi connectivity index (χ1n) is 11.9. The van der Waals surface area contributed by atoms with E-state index in [4.69, 9.17) is 15.9 Å². The van der Waals surface area contributed by atoms with Gasteiger partial charge in [-0.15, -0.1) is 11.3 Å². The third kappa shape index (κ3) is 8.03. The molecule has 0 aliphatic carbocycles. The molecule has 40 heavy (non-hydrogen) atoms. The number of carbonyl (C=O) groups is 5. The first-order valence-corrected chi connectivity index (χ1v) is 12.7. The Bertz CT molecular complexity index is 1480. The predicted octanol–water partition coefficient (Wildman–Crippen LogP) is -0.0531. The maximum Gasteiger partial charge on any atom is 0.326 e. The van der Waals surface area contributed by atoms with Crippen molar-refractivity contribution in [2.24, 2.45) is 0 Å². The molecule has 0 bridgehead atoms. The van der Waals surface area contributed by atoms with Crippen LogP contribution < -0.4 is 27.2 Å². The van der Waals surface area contributed by atoms with Crippen LogP contribution in [0.4, 0.5) is 10.9 Å². The summed E-state index contributed by atoms with van der Waals surface area (Å²) in [5.74, 6) is -5.50. The SMILES string of the molecule is Nc1nc2[nH]cc(CCNc3ccc(C(=O)N[C@@H](CCC(=O)N[C@@H](CCC(=O)O)C(=O)O)C(=O)O)s3)c2c(=O)[nH]1. The number of amides is 2. The van der Waals surface area contributed by atoms with E-state index in [-0.39, 0.29) is 29.2 Å². The number of rotatable bonds is 15. The number of aromatic amines is 2. The number of aliphatic carboxylic acids is 3. The van der Waals surface area contributed by atoms with Crippen molar-refractivity contribution in [3.63, 3.8) is 0 Å². The van der Waals surface area contributed by atoms with E-state index in [0.717, 1.165) is 16.9 Å². The topological polar surface area (TPSA) is 270 Å². The number of carboxylic acids is 3. The zero-order valence-electron chi connectivity index (χ0n) is 20.9. The number of aromatic nitrogens is 3. The molecule has 0 spiro atoms. The van der Waals surface area contributed by atoms with E-state index in [1.807, 2.05) is 0 Å². The highest BCUT2D eigenvalue weighted by atomic mass is 32.1. The molecule has 0 radical (unpaired) electrons. The first-order chi connectivity index (χ1) is 18.9. The normalized spacial score (nSPS) is 12.4. The number of carbonyl (C=O) groups excluding carboxylic acids is 2. The Morgan fingerprint density at radius 3 is 2.35 bits per heavy atom. The van der Waals surface area contributed by atoms with Gasteiger partial charge in [0.05, 0.1) is 15.3 Å². The highest BCUT2D eigenvalue weighted by Gasteiger charge is 2.25. The summed E-state index contributed by atoms with van der Waals surface area (Å²) in [6.45, 7) is 0.412. The lowest BCUT2D eigenvalue weighted by Crippen LogP contribution is -2.44. The average molecular weight is 578 g/mol. The van der Waals surface area contributed by atoms with Crippen LogP contribution in [0.25, 0.3) is 11.0 Å². The van der Waals surface area contributed by atoms with Gasteiger partial charge in [0.15, 0.2) is 0 Å². The third-order valence-electron chi connectivity index (χ3n) is 5.71. The van der Waals surface area contributed by atoms with E-state index in [0.29, 0.717) is 29.0 Å². The molecule has 2 atom stereocenters. The molecule has 0 aliphatic heterocycles. The van der Waals surface area contributed by atoms with Gasteiger partial charge in [0.2, 0.25) is 11.9 Å². The van der Waals surface area contributed by atoms with Crippen LogP contribution in [0.1, 0.15) is 40.9 Å². The molecule has 0 aromatic carbocycles. The van der Waals surface area contributed by atoms with Crippen LogP contribution in [0.3, 0.4) is 0 Å². The molecule has 2 amide bonds. The fourth-order valence-corrected chi connectivity index (χ4v) is 4.58. The number of hydrogen-bond donors (Lipinski definition) is 9. The monoisotopic (exact) mass is 577 g/mol. The van der Waals surface area contributed by atoms with Crippen LogP contribution in [0, 0.1) is 0 Å². The van der Waals surface area contributed by atoms with Crippen molar-refractivity contribution in [3.8, 4) is 0 Å². The summed E-state index contributed by atoms with van der Waals surface area (Å²) in [5, 5.41) is 35.9. The second-order valence-corrected chi connectivity index (χ2v) is 9.71. The fourth-order valence-electron chi connectivity index (χ4n) is 3.75. The van der Waals surface area contributed by atoms with Gasteiger partial charge < -0.3 is 42.0 Å². The van der Waals surface area contributed by atoms with Crippen molar-refractivity contribution in [1.82, 2.24) is 25.6 Å². The number of nitrogens with one attached hydrogen (secondary N) is 5. The third-order valence-corrected chi connectivity index (χ3v) is 6.75. The quantitative estimate of drug-likeness (QED) is 0.115. The predicted molar refractivity (Wildman–Crippen MR) is 142 cm³/mol. The number of thiophene rings is 1. The second-order valence-electron chi connectivity index (χ2n) is 8.62. The first kappa shape index (κ1) is 29.6. The van der Waals surface area contributed by atoms with Crippen molar-refractivity contribution < 1.29 is 39.3 Å². The molecule has 3 heterocycles. The molecule has 0 saturated carbocycles. The largest absolute Gasteiger partial charge is 0.481 e. The number of hydrogen-bond acceptors (Lipinski definition) is 10. The lowest BCUT2D eigenvalue weighted by molar-refractivity contribution is -0.143. The number of fused-ring (bicyclic) bond motifs is 1. The minimum atomic E-state index is -1.44. The molecule has 214 valence electrons. The van der Waals surface area contributed by atoms with Crippen molar-refractivity contribution in [1.29, 1.82) is 0 Å². The molecule has 10 N–H and O–H groups in total. The van der Waals surface area contributed by atoms with E-state index in [1.165, 1.54) is 6.07 Å². The van der Waals surface area contributed by atoms with E-state index in [2.05, 4.69) is 30.9 Å². The lowest BCUT2D eigenvalue weighted by atomic mass is 10.1. The van der Waals surface area contributed by atoms with Crippen LogP contribution in [0.15, 0.2) is 23.1 Å². The van der Waals surface area contributed by atoms with Gasteiger partial charge in [-0.3, -0.25) is 24.2 Å². The zero-order valence-corrected chi connectivity index (χ0v) is 21.7. The van der Waals surface area contributed by atoms with Crippen molar-refractivity contribution in [3.05, 3.63) is 39.1 Å². The van der Waals surface area contributed by atoms with Gasteiger partial charge in [-0.05, 0) is 37.0 Å². The highest BCUT2D eigenvalue weighted by Crippen LogP contribution is 2.22. The molecule has 0 saturated heterocycles.